The van der Waals surface area contributed by atoms with E-state index in [0.29, 0.717) is 5.76 Å². The number of aliphatic hydroxyl groups excluding tert-OH is 1. The summed E-state index contributed by atoms with van der Waals surface area (Å²) in [5, 5.41) is 9.80. The predicted molar refractivity (Wildman–Crippen MR) is 63.3 cm³/mol. The monoisotopic (exact) mass is 282 g/mol. The Morgan fingerprint density at radius 2 is 2.00 bits per heavy atom. The molecule has 0 aliphatic carbocycles. The molecule has 0 spiro atoms. The van der Waals surface area contributed by atoms with Gasteiger partial charge in [0, 0.05) is 0 Å². The number of hydrogen-bond donors (Lipinski definition) is 1. The van der Waals surface area contributed by atoms with E-state index in [1.165, 1.54) is 6.26 Å². The van der Waals surface area contributed by atoms with E-state index in [2.05, 4.69) is 15.9 Å². The average Bonchev–Trinajstić information content (AvgIpc) is 2.74. The Morgan fingerprint density at radius 1 is 1.25 bits per heavy atom. The Bertz CT molecular complexity index is 439. The van der Waals surface area contributed by atoms with E-state index in [4.69, 9.17) is 9.15 Å². The molecule has 0 aliphatic rings. The lowest BCUT2D eigenvalue weighted by atomic mass is 10.3. The zero-order valence-electron chi connectivity index (χ0n) is 8.47. The van der Waals surface area contributed by atoms with Gasteiger partial charge in [0.1, 0.15) is 24.2 Å². The summed E-state index contributed by atoms with van der Waals surface area (Å²) < 4.78 is 11.3. The molecule has 84 valence electrons. The second-order valence-electron chi connectivity index (χ2n) is 3.27. The van der Waals surface area contributed by atoms with Gasteiger partial charge in [-0.25, -0.2) is 0 Å². The molecule has 1 aromatic carbocycles. The quantitative estimate of drug-likeness (QED) is 0.937. The summed E-state index contributed by atoms with van der Waals surface area (Å²) in [5.74, 6) is 1.21. The molecule has 1 aromatic heterocycles. The highest BCUT2D eigenvalue weighted by atomic mass is 79.9. The van der Waals surface area contributed by atoms with Gasteiger partial charge in [-0.1, -0.05) is 18.2 Å². The normalized spacial score (nSPS) is 12.4. The lowest BCUT2D eigenvalue weighted by Gasteiger charge is -2.10. The summed E-state index contributed by atoms with van der Waals surface area (Å²) in [6.45, 7) is 0.163. The molecule has 1 heterocycles. The Balaban J connectivity index is 1.94. The predicted octanol–water partition coefficient (Wildman–Crippen LogP) is 3.15. The molecule has 2 rings (SSSR count). The topological polar surface area (TPSA) is 42.6 Å². The van der Waals surface area contributed by atoms with E-state index in [1.54, 1.807) is 6.07 Å². The fourth-order valence-electron chi connectivity index (χ4n) is 1.31. The number of para-hydroxylation sites is 1. The number of rotatable bonds is 4. The molecule has 0 aliphatic heterocycles. The highest BCUT2D eigenvalue weighted by Gasteiger charge is 2.15. The van der Waals surface area contributed by atoms with Crippen LogP contribution < -0.4 is 4.74 Å². The van der Waals surface area contributed by atoms with E-state index >= 15 is 0 Å². The molecule has 1 N–H and O–H groups in total. The molecule has 0 amide bonds. The molecule has 0 saturated carbocycles. The van der Waals surface area contributed by atoms with Crippen molar-refractivity contribution in [1.29, 1.82) is 0 Å². The van der Waals surface area contributed by atoms with Crippen LogP contribution in [0.2, 0.25) is 0 Å². The van der Waals surface area contributed by atoms with Crippen molar-refractivity contribution in [1.82, 2.24) is 0 Å². The van der Waals surface area contributed by atoms with Gasteiger partial charge in [0.2, 0.25) is 0 Å². The maximum absolute atomic E-state index is 9.80. The van der Waals surface area contributed by atoms with Gasteiger partial charge in [-0.05, 0) is 34.1 Å². The zero-order chi connectivity index (χ0) is 11.4. The van der Waals surface area contributed by atoms with Crippen LogP contribution in [-0.4, -0.2) is 11.7 Å². The smallest absolute Gasteiger partial charge is 0.149 e. The molecule has 1 unspecified atom stereocenters. The highest BCUT2D eigenvalue weighted by Crippen LogP contribution is 2.25. The van der Waals surface area contributed by atoms with Crippen molar-refractivity contribution in [2.24, 2.45) is 0 Å². The summed E-state index contributed by atoms with van der Waals surface area (Å²) in [7, 11) is 0. The first-order chi connectivity index (χ1) is 7.77. The summed E-state index contributed by atoms with van der Waals surface area (Å²) >= 11 is 3.28. The lowest BCUT2D eigenvalue weighted by molar-refractivity contribution is 0.0881. The first-order valence-corrected chi connectivity index (χ1v) is 5.65. The number of benzene rings is 1. The number of furan rings is 1. The summed E-state index contributed by atoms with van der Waals surface area (Å²) in [6.07, 6.45) is 0.745. The minimum Gasteiger partial charge on any atom is -0.490 e. The third-order valence-corrected chi connectivity index (χ3v) is 2.75. The Kier molecular flexibility index (Phi) is 3.64. The van der Waals surface area contributed by atoms with E-state index in [0.717, 1.165) is 10.2 Å². The molecule has 0 saturated heterocycles. The lowest BCUT2D eigenvalue weighted by Crippen LogP contribution is -2.09. The van der Waals surface area contributed by atoms with Crippen LogP contribution in [0.5, 0.6) is 5.75 Å². The van der Waals surface area contributed by atoms with Gasteiger partial charge in [-0.3, -0.25) is 0 Å². The SMILES string of the molecule is OC(COc1ccccc1)c1occc1Br. The molecule has 2 aromatic rings. The Labute approximate surface area is 102 Å². The van der Waals surface area contributed by atoms with Crippen LogP contribution in [0, 0.1) is 0 Å². The molecule has 4 heteroatoms. The maximum Gasteiger partial charge on any atom is 0.149 e. The van der Waals surface area contributed by atoms with Crippen molar-refractivity contribution in [2.45, 2.75) is 6.10 Å². The van der Waals surface area contributed by atoms with E-state index in [9.17, 15) is 5.11 Å². The fourth-order valence-corrected chi connectivity index (χ4v) is 1.78. The van der Waals surface area contributed by atoms with Crippen molar-refractivity contribution in [3.8, 4) is 5.75 Å². The first-order valence-electron chi connectivity index (χ1n) is 4.86. The standard InChI is InChI=1S/C12H11BrO3/c13-10-6-7-15-12(10)11(14)8-16-9-4-2-1-3-5-9/h1-7,11,14H,8H2. The number of hydrogen-bond acceptors (Lipinski definition) is 3. The molecule has 16 heavy (non-hydrogen) atoms. The minimum atomic E-state index is -0.774. The van der Waals surface area contributed by atoms with Crippen molar-refractivity contribution in [2.75, 3.05) is 6.61 Å². The first kappa shape index (κ1) is 11.2. The summed E-state index contributed by atoms with van der Waals surface area (Å²) in [6, 6.07) is 11.1. The minimum absolute atomic E-state index is 0.163. The Morgan fingerprint density at radius 3 is 2.62 bits per heavy atom. The summed E-state index contributed by atoms with van der Waals surface area (Å²) in [4.78, 5) is 0. The summed E-state index contributed by atoms with van der Waals surface area (Å²) in [5.41, 5.74) is 0. The van der Waals surface area contributed by atoms with Gasteiger partial charge in [0.05, 0.1) is 10.7 Å². The van der Waals surface area contributed by atoms with Crippen LogP contribution in [0.4, 0.5) is 0 Å². The van der Waals surface area contributed by atoms with Gasteiger partial charge in [-0.2, -0.15) is 0 Å². The third-order valence-electron chi connectivity index (χ3n) is 2.10. The van der Waals surface area contributed by atoms with Gasteiger partial charge in [0.25, 0.3) is 0 Å². The largest absolute Gasteiger partial charge is 0.490 e. The van der Waals surface area contributed by atoms with Gasteiger partial charge in [-0.15, -0.1) is 0 Å². The molecule has 0 radical (unpaired) electrons. The third kappa shape index (κ3) is 2.65. The van der Waals surface area contributed by atoms with Crippen LogP contribution in [0.25, 0.3) is 0 Å². The van der Waals surface area contributed by atoms with Crippen LogP contribution in [0.3, 0.4) is 0 Å². The van der Waals surface area contributed by atoms with Gasteiger partial charge in [0.15, 0.2) is 0 Å². The number of halogens is 1. The second-order valence-corrected chi connectivity index (χ2v) is 4.13. The van der Waals surface area contributed by atoms with E-state index in [1.807, 2.05) is 30.3 Å². The second kappa shape index (κ2) is 5.18. The van der Waals surface area contributed by atoms with E-state index in [-0.39, 0.29) is 6.61 Å². The number of ether oxygens (including phenoxy) is 1. The van der Waals surface area contributed by atoms with E-state index < -0.39 is 6.10 Å². The van der Waals surface area contributed by atoms with Crippen molar-refractivity contribution in [3.63, 3.8) is 0 Å². The molecule has 3 nitrogen and oxygen atoms in total. The molecule has 1 atom stereocenters. The highest BCUT2D eigenvalue weighted by molar-refractivity contribution is 9.10. The van der Waals surface area contributed by atoms with Gasteiger partial charge < -0.3 is 14.3 Å². The van der Waals surface area contributed by atoms with Crippen LogP contribution in [0.1, 0.15) is 11.9 Å². The van der Waals surface area contributed by atoms with Crippen molar-refractivity contribution < 1.29 is 14.3 Å². The maximum atomic E-state index is 9.80. The zero-order valence-corrected chi connectivity index (χ0v) is 10.1. The van der Waals surface area contributed by atoms with Crippen LogP contribution in [-0.2, 0) is 0 Å². The molecular weight excluding hydrogens is 272 g/mol. The molecule has 0 fully saturated rings. The fraction of sp³-hybridized carbons (Fsp3) is 0.167. The van der Waals surface area contributed by atoms with Gasteiger partial charge >= 0.3 is 0 Å². The molecular formula is C12H11BrO3. The van der Waals surface area contributed by atoms with Crippen LogP contribution in [0.15, 0.2) is 51.6 Å². The Hall–Kier alpha value is -1.26. The van der Waals surface area contributed by atoms with Crippen molar-refractivity contribution >= 4 is 15.9 Å². The van der Waals surface area contributed by atoms with Crippen LogP contribution >= 0.6 is 15.9 Å². The average molecular weight is 283 g/mol. The van der Waals surface area contributed by atoms with Crippen molar-refractivity contribution in [3.05, 3.63) is 52.9 Å². The number of aliphatic hydroxyl groups is 1. The molecule has 0 bridgehead atoms.